The number of aliphatic hydroxyl groups is 2. The van der Waals surface area contributed by atoms with E-state index in [1.165, 1.54) is 6.20 Å². The fourth-order valence-electron chi connectivity index (χ4n) is 3.89. The highest BCUT2D eigenvalue weighted by molar-refractivity contribution is 5.94. The Kier molecular flexibility index (Phi) is 8.86. The Hall–Kier alpha value is -3.40. The zero-order chi connectivity index (χ0) is 25.4. The Bertz CT molecular complexity index is 1130. The van der Waals surface area contributed by atoms with Crippen LogP contribution in [-0.4, -0.2) is 54.9 Å². The van der Waals surface area contributed by atoms with Gasteiger partial charge in [-0.15, -0.1) is 0 Å². The summed E-state index contributed by atoms with van der Waals surface area (Å²) in [6, 6.07) is 15.8. The Balaban J connectivity index is 1.80. The molecular formula is C26H32N4O5. The Morgan fingerprint density at radius 3 is 2.34 bits per heavy atom. The van der Waals surface area contributed by atoms with E-state index in [4.69, 9.17) is 0 Å². The van der Waals surface area contributed by atoms with Crippen molar-refractivity contribution in [2.75, 3.05) is 0 Å². The lowest BCUT2D eigenvalue weighted by Gasteiger charge is -2.28. The number of amides is 2. The zero-order valence-corrected chi connectivity index (χ0v) is 19.9. The number of aliphatic hydroxyl groups excluding tert-OH is 1. The first kappa shape index (κ1) is 26.2. The average Bonchev–Trinajstić information content (AvgIpc) is 2.85. The second-order valence-electron chi connectivity index (χ2n) is 9.34. The third kappa shape index (κ3) is 7.81. The topological polar surface area (TPSA) is 145 Å². The number of rotatable bonds is 11. The van der Waals surface area contributed by atoms with Crippen LogP contribution in [0.5, 0.6) is 0 Å². The van der Waals surface area contributed by atoms with Crippen molar-refractivity contribution >= 4 is 22.8 Å². The number of nitrogens with one attached hydrogen (secondary N) is 2. The summed E-state index contributed by atoms with van der Waals surface area (Å²) in [7, 11) is 0. The van der Waals surface area contributed by atoms with Crippen molar-refractivity contribution in [2.45, 2.75) is 57.3 Å². The van der Waals surface area contributed by atoms with Gasteiger partial charge in [-0.3, -0.25) is 19.8 Å². The van der Waals surface area contributed by atoms with Gasteiger partial charge >= 0.3 is 0 Å². The number of para-hydroxylation sites is 2. The van der Waals surface area contributed by atoms with E-state index in [1.54, 1.807) is 37.5 Å². The summed E-state index contributed by atoms with van der Waals surface area (Å²) < 4.78 is 0. The predicted octanol–water partition coefficient (Wildman–Crippen LogP) is 2.39. The van der Waals surface area contributed by atoms with Crippen LogP contribution in [0.1, 0.15) is 49.2 Å². The van der Waals surface area contributed by atoms with Gasteiger partial charge in [0.25, 0.3) is 5.91 Å². The van der Waals surface area contributed by atoms with E-state index in [2.05, 4.69) is 15.3 Å². The molecule has 2 amide bonds. The molecule has 0 bridgehead atoms. The van der Waals surface area contributed by atoms with Crippen molar-refractivity contribution in [2.24, 2.45) is 5.92 Å². The van der Waals surface area contributed by atoms with E-state index >= 15 is 0 Å². The van der Waals surface area contributed by atoms with Crippen LogP contribution in [0.15, 0.2) is 60.8 Å². The van der Waals surface area contributed by atoms with E-state index in [0.717, 1.165) is 5.56 Å². The summed E-state index contributed by atoms with van der Waals surface area (Å²) in [6.07, 6.45) is 1.10. The Morgan fingerprint density at radius 1 is 1.03 bits per heavy atom. The predicted molar refractivity (Wildman–Crippen MR) is 131 cm³/mol. The van der Waals surface area contributed by atoms with Gasteiger partial charge in [-0.25, -0.2) is 10.5 Å². The molecule has 0 spiro atoms. The van der Waals surface area contributed by atoms with E-state index in [0.29, 0.717) is 23.9 Å². The van der Waals surface area contributed by atoms with E-state index in [-0.39, 0.29) is 18.5 Å². The van der Waals surface area contributed by atoms with E-state index in [9.17, 15) is 25.0 Å². The summed E-state index contributed by atoms with van der Waals surface area (Å²) in [6.45, 7) is 3.25. The maximum absolute atomic E-state index is 13.0. The van der Waals surface area contributed by atoms with Gasteiger partial charge in [0.1, 0.15) is 5.69 Å². The van der Waals surface area contributed by atoms with Crippen molar-refractivity contribution in [3.63, 3.8) is 0 Å². The maximum atomic E-state index is 13.0. The van der Waals surface area contributed by atoms with Crippen LogP contribution >= 0.6 is 0 Å². The van der Waals surface area contributed by atoms with Crippen molar-refractivity contribution in [3.05, 3.63) is 72.1 Å². The number of fused-ring (bicyclic) bond motifs is 1. The molecule has 3 rings (SSSR count). The molecule has 1 heterocycles. The molecule has 35 heavy (non-hydrogen) atoms. The third-order valence-electron chi connectivity index (χ3n) is 5.87. The third-order valence-corrected chi connectivity index (χ3v) is 5.87. The molecule has 0 radical (unpaired) electrons. The summed E-state index contributed by atoms with van der Waals surface area (Å²) in [5, 5.41) is 33.2. The highest BCUT2D eigenvalue weighted by atomic mass is 16.5. The molecule has 5 N–H and O–H groups in total. The lowest BCUT2D eigenvalue weighted by Crippen LogP contribution is -2.47. The van der Waals surface area contributed by atoms with Crippen LogP contribution in [0, 0.1) is 5.92 Å². The molecule has 186 valence electrons. The summed E-state index contributed by atoms with van der Waals surface area (Å²) >= 11 is 0. The van der Waals surface area contributed by atoms with Gasteiger partial charge in [0.15, 0.2) is 0 Å². The standard InChI is InChI=1S/C26H32N4O5/c1-26(2,34)13-12-18(24(32)30-35)15-23(31)21(14-17-8-4-3-5-9-17)29-25(33)22-16-27-19-10-6-7-11-20(19)28-22/h3-11,16,18,21,23,31,34-35H,12-15H2,1-2H3,(H,29,33)(H,30,32)/t18-,21-,23-/m0/s1. The molecule has 0 aliphatic rings. The molecule has 0 saturated carbocycles. The van der Waals surface area contributed by atoms with Gasteiger partial charge in [0.05, 0.1) is 35.0 Å². The monoisotopic (exact) mass is 480 g/mol. The smallest absolute Gasteiger partial charge is 0.271 e. The minimum Gasteiger partial charge on any atom is -0.391 e. The fraction of sp³-hybridized carbons (Fsp3) is 0.385. The number of hydrogen-bond donors (Lipinski definition) is 5. The van der Waals surface area contributed by atoms with E-state index in [1.807, 2.05) is 36.4 Å². The summed E-state index contributed by atoms with van der Waals surface area (Å²) in [5.74, 6) is -1.92. The van der Waals surface area contributed by atoms with Crippen molar-refractivity contribution in [1.82, 2.24) is 20.8 Å². The first-order chi connectivity index (χ1) is 16.7. The zero-order valence-electron chi connectivity index (χ0n) is 19.9. The number of nitrogens with zero attached hydrogens (tertiary/aromatic N) is 2. The molecule has 0 aliphatic heterocycles. The van der Waals surface area contributed by atoms with Crippen LogP contribution < -0.4 is 10.8 Å². The Labute approximate surface area is 204 Å². The van der Waals surface area contributed by atoms with Crippen LogP contribution in [-0.2, 0) is 11.2 Å². The van der Waals surface area contributed by atoms with Gasteiger partial charge in [-0.1, -0.05) is 42.5 Å². The van der Waals surface area contributed by atoms with Crippen molar-refractivity contribution in [1.29, 1.82) is 0 Å². The lowest BCUT2D eigenvalue weighted by atomic mass is 9.87. The molecular weight excluding hydrogens is 448 g/mol. The van der Waals surface area contributed by atoms with Crippen LogP contribution in [0.4, 0.5) is 0 Å². The largest absolute Gasteiger partial charge is 0.391 e. The molecule has 2 aromatic carbocycles. The minimum atomic E-state index is -1.11. The first-order valence-corrected chi connectivity index (χ1v) is 11.6. The SMILES string of the molecule is CC(C)(O)CC[C@@H](C[C@H](O)[C@H](Cc1ccccc1)NC(=O)c1cnc2ccccc2n1)C(=O)NO. The fourth-order valence-corrected chi connectivity index (χ4v) is 3.89. The van der Waals surface area contributed by atoms with Crippen molar-refractivity contribution < 1.29 is 25.0 Å². The second-order valence-corrected chi connectivity index (χ2v) is 9.34. The minimum absolute atomic E-state index is 0.0242. The van der Waals surface area contributed by atoms with Crippen LogP contribution in [0.2, 0.25) is 0 Å². The van der Waals surface area contributed by atoms with Crippen molar-refractivity contribution in [3.8, 4) is 0 Å². The first-order valence-electron chi connectivity index (χ1n) is 11.6. The number of carbonyl (C=O) groups excluding carboxylic acids is 2. The molecule has 3 aromatic rings. The summed E-state index contributed by atoms with van der Waals surface area (Å²) in [4.78, 5) is 34.0. The Morgan fingerprint density at radius 2 is 1.69 bits per heavy atom. The molecule has 0 aliphatic carbocycles. The van der Waals surface area contributed by atoms with E-state index < -0.39 is 35.5 Å². The highest BCUT2D eigenvalue weighted by Gasteiger charge is 2.30. The molecule has 0 fully saturated rings. The molecule has 3 atom stereocenters. The number of hydroxylamine groups is 1. The molecule has 0 saturated heterocycles. The molecule has 9 heteroatoms. The highest BCUT2D eigenvalue weighted by Crippen LogP contribution is 2.22. The van der Waals surface area contributed by atoms with Gasteiger partial charge < -0.3 is 15.5 Å². The average molecular weight is 481 g/mol. The lowest BCUT2D eigenvalue weighted by molar-refractivity contribution is -0.135. The van der Waals surface area contributed by atoms with Crippen LogP contribution in [0.3, 0.4) is 0 Å². The number of hydrogen-bond acceptors (Lipinski definition) is 7. The normalized spacial score (nSPS) is 14.2. The number of benzene rings is 2. The second kappa shape index (κ2) is 11.8. The van der Waals surface area contributed by atoms with Gasteiger partial charge in [0.2, 0.25) is 5.91 Å². The van der Waals surface area contributed by atoms with Gasteiger partial charge in [0, 0.05) is 5.92 Å². The molecule has 9 nitrogen and oxygen atoms in total. The number of carbonyl (C=O) groups is 2. The number of aromatic nitrogens is 2. The van der Waals surface area contributed by atoms with Gasteiger partial charge in [-0.2, -0.15) is 0 Å². The van der Waals surface area contributed by atoms with Crippen LogP contribution in [0.25, 0.3) is 11.0 Å². The molecule has 1 aromatic heterocycles. The summed E-state index contributed by atoms with van der Waals surface area (Å²) in [5.41, 5.74) is 2.87. The molecule has 0 unspecified atom stereocenters. The quantitative estimate of drug-likeness (QED) is 0.209. The maximum Gasteiger partial charge on any atom is 0.271 e. The van der Waals surface area contributed by atoms with Gasteiger partial charge in [-0.05, 0) is 57.2 Å².